The number of hydrogen-bond donors (Lipinski definition) is 3. The van der Waals surface area contributed by atoms with Crippen molar-refractivity contribution in [3.63, 3.8) is 0 Å². The third-order valence-corrected chi connectivity index (χ3v) is 14.4. The minimum Gasteiger partial charge on any atom is -0.497 e. The normalized spacial score (nSPS) is 12.3. The van der Waals surface area contributed by atoms with E-state index < -0.39 is 19.6 Å². The van der Waals surface area contributed by atoms with Gasteiger partial charge in [0.05, 0.1) is 38.0 Å². The summed E-state index contributed by atoms with van der Waals surface area (Å²) in [6.45, 7) is 15.7. The maximum Gasteiger partial charge on any atom is 0.259 e. The third kappa shape index (κ3) is 14.8. The van der Waals surface area contributed by atoms with Crippen LogP contribution in [0.3, 0.4) is 0 Å². The van der Waals surface area contributed by atoms with Crippen molar-refractivity contribution in [2.75, 3.05) is 40.5 Å². The van der Waals surface area contributed by atoms with Gasteiger partial charge in [0.15, 0.2) is 0 Å². The maximum atomic E-state index is 9.08. The SMILES string of the molecule is COc1ccc(C(NCCCCCO)(c2ccccc2)c2ccccc2)cc1.COc1ccc(C(NCCCCCOP(OC(C)C)N(C(C)C)C(C)C)(c2ccccc2)c2ccccc2)cc1. The zero-order valence-corrected chi connectivity index (χ0v) is 42.8. The standard InChI is InChI=1S/C34H49N2O3P.C25H29NO2/c1-27(2)36(28(3)4)40(39-29(5)6)38-26-16-10-15-25-35-34(30-17-11-8-12-18-30,31-19-13-9-14-20-31)32-21-23-33(37-7)24-22-32;1-28-24-17-15-23(16-18-24)25(21-11-5-2-6-12-21,22-13-7-3-8-14-22)26-19-9-4-10-20-27/h8-9,11-14,17-24,27-29,35H,10,15-16,25-26H2,1-7H3;2-3,5-8,11-18,26-27H,4,9-10,19-20H2,1H3. The minimum atomic E-state index is -1.07. The lowest BCUT2D eigenvalue weighted by atomic mass is 9.77. The largest absolute Gasteiger partial charge is 0.497 e. The lowest BCUT2D eigenvalue weighted by Crippen LogP contribution is -2.45. The van der Waals surface area contributed by atoms with Crippen LogP contribution in [0.4, 0.5) is 0 Å². The summed E-state index contributed by atoms with van der Waals surface area (Å²) in [5.74, 6) is 1.70. The van der Waals surface area contributed by atoms with E-state index in [-0.39, 0.29) is 12.7 Å². The molecule has 1 atom stereocenters. The van der Waals surface area contributed by atoms with E-state index in [1.54, 1.807) is 14.2 Å². The summed E-state index contributed by atoms with van der Waals surface area (Å²) in [4.78, 5) is 0. The van der Waals surface area contributed by atoms with Crippen LogP contribution in [0.1, 0.15) is 113 Å². The summed E-state index contributed by atoms with van der Waals surface area (Å²) in [5.41, 5.74) is 6.28. The molecule has 9 heteroatoms. The highest BCUT2D eigenvalue weighted by molar-refractivity contribution is 7.44. The first-order valence-electron chi connectivity index (χ1n) is 24.6. The van der Waals surface area contributed by atoms with E-state index in [0.29, 0.717) is 18.7 Å². The van der Waals surface area contributed by atoms with Crippen LogP contribution >= 0.6 is 8.53 Å². The number of hydrogen-bond acceptors (Lipinski definition) is 8. The summed E-state index contributed by atoms with van der Waals surface area (Å²) >= 11 is 0. The summed E-state index contributed by atoms with van der Waals surface area (Å²) in [5, 5.41) is 16.9. The molecule has 364 valence electrons. The number of rotatable bonds is 27. The van der Waals surface area contributed by atoms with Gasteiger partial charge in [-0.2, -0.15) is 0 Å². The van der Waals surface area contributed by atoms with Crippen LogP contribution in [0, 0.1) is 0 Å². The molecule has 6 aromatic rings. The van der Waals surface area contributed by atoms with Crippen LogP contribution in [0.25, 0.3) is 0 Å². The summed E-state index contributed by atoms with van der Waals surface area (Å²) in [7, 11) is 2.33. The third-order valence-electron chi connectivity index (χ3n) is 12.1. The predicted octanol–water partition coefficient (Wildman–Crippen LogP) is 13.3. The first-order valence-corrected chi connectivity index (χ1v) is 25.7. The van der Waals surface area contributed by atoms with Gasteiger partial charge < -0.3 is 23.6 Å². The van der Waals surface area contributed by atoms with Crippen molar-refractivity contribution in [2.24, 2.45) is 0 Å². The lowest BCUT2D eigenvalue weighted by molar-refractivity contribution is 0.146. The quantitative estimate of drug-likeness (QED) is 0.0268. The molecule has 0 spiro atoms. The minimum absolute atomic E-state index is 0.136. The number of aliphatic hydroxyl groups excluding tert-OH is 1. The highest BCUT2D eigenvalue weighted by Gasteiger charge is 2.37. The van der Waals surface area contributed by atoms with Crippen LogP contribution in [0.2, 0.25) is 0 Å². The molecule has 0 aliphatic rings. The van der Waals surface area contributed by atoms with Crippen molar-refractivity contribution in [1.29, 1.82) is 0 Å². The molecule has 0 bridgehead atoms. The Balaban J connectivity index is 0.000000270. The fourth-order valence-corrected chi connectivity index (χ4v) is 10.6. The number of ether oxygens (including phenoxy) is 2. The van der Waals surface area contributed by atoms with E-state index in [1.165, 1.54) is 33.4 Å². The van der Waals surface area contributed by atoms with Crippen molar-refractivity contribution in [3.05, 3.63) is 203 Å². The molecule has 6 aromatic carbocycles. The van der Waals surface area contributed by atoms with E-state index in [1.807, 2.05) is 24.3 Å². The monoisotopic (exact) mass is 940 g/mol. The van der Waals surface area contributed by atoms with E-state index in [4.69, 9.17) is 23.6 Å². The van der Waals surface area contributed by atoms with Crippen LogP contribution in [0.15, 0.2) is 170 Å². The van der Waals surface area contributed by atoms with Gasteiger partial charge in [0.2, 0.25) is 0 Å². The van der Waals surface area contributed by atoms with Crippen LogP contribution in [-0.2, 0) is 20.1 Å². The molecule has 6 rings (SSSR count). The molecule has 68 heavy (non-hydrogen) atoms. The highest BCUT2D eigenvalue weighted by atomic mass is 31.2. The van der Waals surface area contributed by atoms with Gasteiger partial charge in [0.1, 0.15) is 11.5 Å². The average molecular weight is 940 g/mol. The number of nitrogens with zero attached hydrogens (tertiary/aromatic N) is 1. The molecule has 0 aliphatic heterocycles. The van der Waals surface area contributed by atoms with E-state index in [0.717, 1.165) is 63.1 Å². The van der Waals surface area contributed by atoms with Gasteiger partial charge in [-0.1, -0.05) is 146 Å². The Morgan fingerprint density at radius 3 is 1.10 bits per heavy atom. The van der Waals surface area contributed by atoms with Crippen molar-refractivity contribution in [2.45, 2.75) is 109 Å². The summed E-state index contributed by atoms with van der Waals surface area (Å²) in [6, 6.07) is 60.1. The molecule has 0 amide bonds. The Hall–Kier alpha value is -4.89. The second kappa shape index (κ2) is 28.6. The van der Waals surface area contributed by atoms with Gasteiger partial charge in [-0.25, -0.2) is 4.67 Å². The first kappa shape index (κ1) is 54.1. The number of benzene rings is 6. The van der Waals surface area contributed by atoms with Crippen LogP contribution in [-0.4, -0.2) is 68.5 Å². The Labute approximate surface area is 410 Å². The number of aliphatic hydroxyl groups is 1. The van der Waals surface area contributed by atoms with Gasteiger partial charge >= 0.3 is 0 Å². The zero-order chi connectivity index (χ0) is 48.6. The second-order valence-electron chi connectivity index (χ2n) is 17.9. The Morgan fingerprint density at radius 1 is 0.456 bits per heavy atom. The topological polar surface area (TPSA) is 84.5 Å². The Morgan fingerprint density at radius 2 is 0.794 bits per heavy atom. The predicted molar refractivity (Wildman–Crippen MR) is 284 cm³/mol. The van der Waals surface area contributed by atoms with E-state index in [9.17, 15) is 0 Å². The molecule has 1 unspecified atom stereocenters. The molecule has 0 aliphatic carbocycles. The second-order valence-corrected chi connectivity index (χ2v) is 19.3. The molecule has 0 saturated heterocycles. The van der Waals surface area contributed by atoms with E-state index in [2.05, 4.69) is 202 Å². The maximum absolute atomic E-state index is 9.08. The van der Waals surface area contributed by atoms with Crippen LogP contribution < -0.4 is 20.1 Å². The zero-order valence-electron chi connectivity index (χ0n) is 41.9. The molecule has 0 saturated carbocycles. The Kier molecular flexibility index (Phi) is 22.7. The van der Waals surface area contributed by atoms with Gasteiger partial charge in [-0.05, 0) is 151 Å². The molecular formula is C59H78N3O5P. The molecule has 0 aromatic heterocycles. The average Bonchev–Trinajstić information content (AvgIpc) is 3.37. The van der Waals surface area contributed by atoms with Crippen molar-refractivity contribution in [3.8, 4) is 11.5 Å². The lowest BCUT2D eigenvalue weighted by Gasteiger charge is -2.37. The number of nitrogens with one attached hydrogen (secondary N) is 2. The summed E-state index contributed by atoms with van der Waals surface area (Å²) < 4.78 is 25.8. The first-order chi connectivity index (χ1) is 33.1. The van der Waals surface area contributed by atoms with Crippen molar-refractivity contribution >= 4 is 8.53 Å². The molecular weight excluding hydrogens is 862 g/mol. The molecule has 0 fully saturated rings. The van der Waals surface area contributed by atoms with Gasteiger partial charge in [0.25, 0.3) is 8.53 Å². The highest BCUT2D eigenvalue weighted by Crippen LogP contribution is 2.47. The van der Waals surface area contributed by atoms with Crippen molar-refractivity contribution in [1.82, 2.24) is 15.3 Å². The molecule has 8 nitrogen and oxygen atoms in total. The van der Waals surface area contributed by atoms with Gasteiger partial charge in [-0.3, -0.25) is 10.6 Å². The van der Waals surface area contributed by atoms with E-state index >= 15 is 0 Å². The molecule has 0 radical (unpaired) electrons. The van der Waals surface area contributed by atoms with Gasteiger partial charge in [0, 0.05) is 18.7 Å². The fraction of sp³-hybridized carbons (Fsp3) is 0.390. The number of unbranched alkanes of at least 4 members (excludes halogenated alkanes) is 4. The van der Waals surface area contributed by atoms with Gasteiger partial charge in [-0.15, -0.1) is 0 Å². The fourth-order valence-electron chi connectivity index (χ4n) is 8.86. The van der Waals surface area contributed by atoms with Crippen molar-refractivity contribution < 1.29 is 23.6 Å². The smallest absolute Gasteiger partial charge is 0.259 e. The number of methoxy groups -OCH3 is 2. The Bertz CT molecular complexity index is 2140. The molecule has 3 N–H and O–H groups in total. The molecule has 0 heterocycles. The van der Waals surface area contributed by atoms with Crippen LogP contribution in [0.5, 0.6) is 11.5 Å². The summed E-state index contributed by atoms with van der Waals surface area (Å²) in [6.07, 6.45) is 6.11.